The van der Waals surface area contributed by atoms with Crippen LogP contribution in [0.25, 0.3) is 0 Å². The third-order valence-corrected chi connectivity index (χ3v) is 4.44. The monoisotopic (exact) mass is 332 g/mol. The Balaban J connectivity index is 0.00000220. The Bertz CT molecular complexity index is 497. The number of rotatable bonds is 3. The highest BCUT2D eigenvalue weighted by atomic mass is 35.5. The summed E-state index contributed by atoms with van der Waals surface area (Å²) in [5.41, 5.74) is 7.30. The number of nitrogens with two attached hydrogens (primary N) is 1. The van der Waals surface area contributed by atoms with Crippen LogP contribution in [0.4, 0.5) is 0 Å². The van der Waals surface area contributed by atoms with Crippen LogP contribution in [-0.2, 0) is 4.74 Å². The fourth-order valence-corrected chi connectivity index (χ4v) is 2.89. The van der Waals surface area contributed by atoms with Gasteiger partial charge in [0.25, 0.3) is 5.91 Å². The van der Waals surface area contributed by atoms with Gasteiger partial charge in [-0.3, -0.25) is 4.79 Å². The van der Waals surface area contributed by atoms with Crippen molar-refractivity contribution in [2.75, 3.05) is 20.2 Å². The van der Waals surface area contributed by atoms with E-state index < -0.39 is 0 Å². The maximum Gasteiger partial charge on any atom is 0.254 e. The molecule has 1 heterocycles. The highest BCUT2D eigenvalue weighted by Crippen LogP contribution is 2.25. The summed E-state index contributed by atoms with van der Waals surface area (Å²) in [6.45, 7) is 2.99. The molecule has 0 aromatic heterocycles. The number of methoxy groups -OCH3 is 1. The summed E-state index contributed by atoms with van der Waals surface area (Å²) in [5, 5.41) is 0.618. The number of piperidine rings is 1. The van der Waals surface area contributed by atoms with Gasteiger partial charge in [0.15, 0.2) is 0 Å². The second kappa shape index (κ2) is 7.99. The molecule has 0 spiro atoms. The van der Waals surface area contributed by atoms with Crippen LogP contribution in [0.1, 0.15) is 28.8 Å². The predicted molar refractivity (Wildman–Crippen MR) is 87.3 cm³/mol. The van der Waals surface area contributed by atoms with Gasteiger partial charge in [0.1, 0.15) is 0 Å². The number of amides is 1. The fourth-order valence-electron chi connectivity index (χ4n) is 2.71. The molecule has 1 saturated heterocycles. The van der Waals surface area contributed by atoms with Gasteiger partial charge in [0.2, 0.25) is 0 Å². The third-order valence-electron chi connectivity index (χ3n) is 4.03. The van der Waals surface area contributed by atoms with Crippen molar-refractivity contribution in [2.45, 2.75) is 31.9 Å². The van der Waals surface area contributed by atoms with E-state index in [0.717, 1.165) is 18.4 Å². The third kappa shape index (κ3) is 3.89. The van der Waals surface area contributed by atoms with E-state index in [9.17, 15) is 4.79 Å². The zero-order valence-electron chi connectivity index (χ0n) is 12.3. The van der Waals surface area contributed by atoms with Crippen molar-refractivity contribution in [3.63, 3.8) is 0 Å². The van der Waals surface area contributed by atoms with Crippen LogP contribution >= 0.6 is 24.0 Å². The zero-order valence-corrected chi connectivity index (χ0v) is 13.9. The molecule has 2 atom stereocenters. The molecule has 0 radical (unpaired) electrons. The molecule has 1 aliphatic rings. The smallest absolute Gasteiger partial charge is 0.254 e. The summed E-state index contributed by atoms with van der Waals surface area (Å²) in [7, 11) is 1.71. The molecule has 2 N–H and O–H groups in total. The molecule has 118 valence electrons. The lowest BCUT2D eigenvalue weighted by atomic mass is 9.97. The molecule has 2 unspecified atom stereocenters. The number of hydrogen-bond donors (Lipinski definition) is 1. The Labute approximate surface area is 137 Å². The van der Waals surface area contributed by atoms with Crippen molar-refractivity contribution in [3.05, 3.63) is 34.3 Å². The van der Waals surface area contributed by atoms with Crippen molar-refractivity contribution >= 4 is 29.9 Å². The molecule has 1 aliphatic heterocycles. The van der Waals surface area contributed by atoms with Crippen molar-refractivity contribution in [2.24, 2.45) is 5.73 Å². The topological polar surface area (TPSA) is 55.6 Å². The van der Waals surface area contributed by atoms with Gasteiger partial charge in [-0.15, -0.1) is 12.4 Å². The molecule has 1 aromatic rings. The molecule has 0 bridgehead atoms. The minimum Gasteiger partial charge on any atom is -0.381 e. The van der Waals surface area contributed by atoms with Crippen molar-refractivity contribution in [1.29, 1.82) is 0 Å². The SMILES string of the molecule is COC1CCN(C(=O)c2cccc(Cl)c2C)C(CN)C1.Cl. The average molecular weight is 333 g/mol. The van der Waals surface area contributed by atoms with E-state index in [-0.39, 0.29) is 30.5 Å². The lowest BCUT2D eigenvalue weighted by Crippen LogP contribution is -2.51. The first-order valence-electron chi connectivity index (χ1n) is 6.87. The minimum atomic E-state index is 0. The zero-order chi connectivity index (χ0) is 14.7. The Morgan fingerprint density at radius 3 is 2.86 bits per heavy atom. The van der Waals surface area contributed by atoms with Crippen molar-refractivity contribution < 1.29 is 9.53 Å². The Kier molecular flexibility index (Phi) is 6.94. The van der Waals surface area contributed by atoms with E-state index in [1.807, 2.05) is 24.0 Å². The molecule has 6 heteroatoms. The second-order valence-corrected chi connectivity index (χ2v) is 5.59. The van der Waals surface area contributed by atoms with E-state index in [1.165, 1.54) is 0 Å². The molecule has 0 aliphatic carbocycles. The molecular weight excluding hydrogens is 311 g/mol. The average Bonchev–Trinajstić information content (AvgIpc) is 2.48. The van der Waals surface area contributed by atoms with Crippen LogP contribution in [-0.4, -0.2) is 43.2 Å². The van der Waals surface area contributed by atoms with E-state index in [0.29, 0.717) is 23.7 Å². The maximum atomic E-state index is 12.7. The summed E-state index contributed by atoms with van der Waals surface area (Å²) in [6, 6.07) is 5.45. The van der Waals surface area contributed by atoms with E-state index >= 15 is 0 Å². The van der Waals surface area contributed by atoms with E-state index in [4.69, 9.17) is 22.1 Å². The van der Waals surface area contributed by atoms with Crippen LogP contribution in [0.5, 0.6) is 0 Å². The molecule has 1 aromatic carbocycles. The number of nitrogens with zero attached hydrogens (tertiary/aromatic N) is 1. The molecule has 4 nitrogen and oxygen atoms in total. The van der Waals surface area contributed by atoms with E-state index in [2.05, 4.69) is 0 Å². The van der Waals surface area contributed by atoms with Gasteiger partial charge < -0.3 is 15.4 Å². The van der Waals surface area contributed by atoms with Gasteiger partial charge in [0.05, 0.1) is 6.10 Å². The highest BCUT2D eigenvalue weighted by Gasteiger charge is 2.31. The number of halogens is 2. The number of likely N-dealkylation sites (tertiary alicyclic amines) is 1. The number of ether oxygens (including phenoxy) is 1. The first kappa shape index (κ1) is 18.2. The standard InChI is InChI=1S/C15H21ClN2O2.ClH/c1-10-13(4-3-5-14(10)16)15(19)18-7-6-12(20-2)8-11(18)9-17;/h3-5,11-12H,6-9,17H2,1-2H3;1H. The summed E-state index contributed by atoms with van der Waals surface area (Å²) in [5.74, 6) is 0.00926. The number of carbonyl (C=O) groups is 1. The lowest BCUT2D eigenvalue weighted by molar-refractivity contribution is 0.0138. The summed E-state index contributed by atoms with van der Waals surface area (Å²) in [4.78, 5) is 14.6. The largest absolute Gasteiger partial charge is 0.381 e. The fraction of sp³-hybridized carbons (Fsp3) is 0.533. The number of carbonyl (C=O) groups excluding carboxylic acids is 1. The first-order chi connectivity index (χ1) is 9.58. The highest BCUT2D eigenvalue weighted by molar-refractivity contribution is 6.31. The molecule has 1 amide bonds. The maximum absolute atomic E-state index is 12.7. The van der Waals surface area contributed by atoms with Crippen LogP contribution < -0.4 is 5.73 Å². The number of benzene rings is 1. The molecule has 21 heavy (non-hydrogen) atoms. The summed E-state index contributed by atoms with van der Waals surface area (Å²) in [6.07, 6.45) is 1.82. The van der Waals surface area contributed by atoms with Gasteiger partial charge in [-0.2, -0.15) is 0 Å². The van der Waals surface area contributed by atoms with Crippen LogP contribution in [0.3, 0.4) is 0 Å². The van der Waals surface area contributed by atoms with E-state index in [1.54, 1.807) is 13.2 Å². The Morgan fingerprint density at radius 2 is 2.24 bits per heavy atom. The van der Waals surface area contributed by atoms with Crippen LogP contribution in [0.2, 0.25) is 5.02 Å². The first-order valence-corrected chi connectivity index (χ1v) is 7.25. The van der Waals surface area contributed by atoms with Gasteiger partial charge in [-0.1, -0.05) is 17.7 Å². The molecule has 2 rings (SSSR count). The predicted octanol–water partition coefficient (Wildman–Crippen LogP) is 2.65. The lowest BCUT2D eigenvalue weighted by Gasteiger charge is -2.38. The van der Waals surface area contributed by atoms with Crippen molar-refractivity contribution in [1.82, 2.24) is 4.90 Å². The minimum absolute atomic E-state index is 0. The normalized spacial score (nSPS) is 21.8. The van der Waals surface area contributed by atoms with Crippen molar-refractivity contribution in [3.8, 4) is 0 Å². The number of hydrogen-bond acceptors (Lipinski definition) is 3. The van der Waals surface area contributed by atoms with Gasteiger partial charge in [-0.05, 0) is 37.5 Å². The van der Waals surface area contributed by atoms with Gasteiger partial charge >= 0.3 is 0 Å². The van der Waals surface area contributed by atoms with Gasteiger partial charge in [-0.25, -0.2) is 0 Å². The summed E-state index contributed by atoms with van der Waals surface area (Å²) >= 11 is 6.10. The quantitative estimate of drug-likeness (QED) is 0.925. The molecule has 0 saturated carbocycles. The second-order valence-electron chi connectivity index (χ2n) is 5.18. The van der Waals surface area contributed by atoms with Gasteiger partial charge in [0, 0.05) is 36.8 Å². The molecule has 1 fully saturated rings. The molecular formula is C15H22Cl2N2O2. The summed E-state index contributed by atoms with van der Waals surface area (Å²) < 4.78 is 5.39. The Hall–Kier alpha value is -0.810. The van der Waals surface area contributed by atoms with Crippen LogP contribution in [0, 0.1) is 6.92 Å². The Morgan fingerprint density at radius 1 is 1.52 bits per heavy atom. The van der Waals surface area contributed by atoms with Crippen LogP contribution in [0.15, 0.2) is 18.2 Å².